The van der Waals surface area contributed by atoms with Crippen LogP contribution in [0.1, 0.15) is 226 Å². The molecule has 0 aromatic carbocycles. The van der Waals surface area contributed by atoms with E-state index < -0.39 is 6.10 Å². The smallest absolute Gasteiger partial charge is 0.306 e. The number of allylic oxidation sites excluding steroid dienone is 24. The first kappa shape index (κ1) is 65.8. The minimum atomic E-state index is -0.583. The van der Waals surface area contributed by atoms with Gasteiger partial charge < -0.3 is 14.2 Å². The average molecular weight is 966 g/mol. The van der Waals surface area contributed by atoms with Crippen molar-refractivity contribution in [3.63, 3.8) is 0 Å². The fourth-order valence-electron chi connectivity index (χ4n) is 7.26. The molecule has 0 fully saturated rings. The lowest BCUT2D eigenvalue weighted by atomic mass is 10.1. The van der Waals surface area contributed by atoms with E-state index in [1.54, 1.807) is 0 Å². The molecule has 1 unspecified atom stereocenters. The van der Waals surface area contributed by atoms with Gasteiger partial charge in [0.1, 0.15) is 6.61 Å². The highest BCUT2D eigenvalue weighted by atomic mass is 16.6. The number of carbonyl (C=O) groups is 2. The molecule has 0 saturated heterocycles. The van der Waals surface area contributed by atoms with Crippen molar-refractivity contribution in [1.82, 2.24) is 0 Å². The Morgan fingerprint density at radius 2 is 0.614 bits per heavy atom. The molecule has 0 aliphatic carbocycles. The predicted octanol–water partition coefficient (Wildman–Crippen LogP) is 19.7. The van der Waals surface area contributed by atoms with Crippen LogP contribution in [0.2, 0.25) is 0 Å². The summed E-state index contributed by atoms with van der Waals surface area (Å²) in [5.74, 6) is -0.491. The third-order valence-corrected chi connectivity index (χ3v) is 11.4. The molecule has 0 radical (unpaired) electrons. The van der Waals surface area contributed by atoms with Crippen LogP contribution in [0.3, 0.4) is 0 Å². The highest BCUT2D eigenvalue weighted by Gasteiger charge is 2.17. The summed E-state index contributed by atoms with van der Waals surface area (Å²) in [5, 5.41) is 0. The first-order chi connectivity index (χ1) is 34.6. The topological polar surface area (TPSA) is 61.8 Å². The van der Waals surface area contributed by atoms with Crippen molar-refractivity contribution in [2.24, 2.45) is 0 Å². The number of esters is 2. The zero-order chi connectivity index (χ0) is 50.6. The second-order valence-electron chi connectivity index (χ2n) is 18.0. The van der Waals surface area contributed by atoms with E-state index in [0.29, 0.717) is 19.4 Å². The van der Waals surface area contributed by atoms with Crippen molar-refractivity contribution >= 4 is 11.9 Å². The molecule has 0 rings (SSSR count). The van der Waals surface area contributed by atoms with Crippen LogP contribution < -0.4 is 0 Å². The quantitative estimate of drug-likeness (QED) is 0.0345. The minimum absolute atomic E-state index is 0.0374. The standard InChI is InChI=1S/C65H104O5/c1-4-7-10-13-16-19-22-25-28-31-32-33-36-39-42-45-48-51-54-57-60-68-61-63(70-65(67)59-56-53-50-47-44-41-38-35-30-27-24-21-18-15-12-9-6-3)62-69-64(66)58-55-52-49-46-43-40-37-34-29-26-23-20-17-14-11-8-5-2/h7-12,16-21,25-30,32-33,37,40,46,49,63H,4-6,13-15,22-24,31,34-36,38-39,41-45,47-48,50-62H2,1-3H3/b10-7-,11-8-,12-9-,19-16-,20-17-,21-18-,28-25-,29-26-,30-27-,33-32-,40-37-,49-46-. The molecule has 0 heterocycles. The van der Waals surface area contributed by atoms with E-state index in [0.717, 1.165) is 135 Å². The monoisotopic (exact) mass is 965 g/mol. The maximum Gasteiger partial charge on any atom is 0.306 e. The van der Waals surface area contributed by atoms with Gasteiger partial charge in [0.05, 0.1) is 6.61 Å². The molecule has 0 aromatic heterocycles. The molecule has 0 bridgehead atoms. The van der Waals surface area contributed by atoms with Crippen LogP contribution in [0.4, 0.5) is 0 Å². The molecule has 0 aliphatic rings. The van der Waals surface area contributed by atoms with Crippen molar-refractivity contribution in [3.05, 3.63) is 146 Å². The normalized spacial score (nSPS) is 13.4. The molecule has 0 aromatic rings. The summed E-state index contributed by atoms with van der Waals surface area (Å²) in [6.45, 7) is 7.38. The Bertz CT molecular complexity index is 1510. The highest BCUT2D eigenvalue weighted by Crippen LogP contribution is 2.13. The molecular weight excluding hydrogens is 861 g/mol. The summed E-state index contributed by atoms with van der Waals surface area (Å²) in [4.78, 5) is 25.5. The van der Waals surface area contributed by atoms with Crippen LogP contribution in [0.25, 0.3) is 0 Å². The molecule has 5 heteroatoms. The van der Waals surface area contributed by atoms with E-state index in [9.17, 15) is 9.59 Å². The Morgan fingerprint density at radius 1 is 0.314 bits per heavy atom. The van der Waals surface area contributed by atoms with Gasteiger partial charge in [-0.3, -0.25) is 9.59 Å². The number of ether oxygens (including phenoxy) is 3. The van der Waals surface area contributed by atoms with Gasteiger partial charge in [0.25, 0.3) is 0 Å². The van der Waals surface area contributed by atoms with Gasteiger partial charge in [-0.2, -0.15) is 0 Å². The van der Waals surface area contributed by atoms with Crippen LogP contribution >= 0.6 is 0 Å². The first-order valence-corrected chi connectivity index (χ1v) is 28.4. The summed E-state index contributed by atoms with van der Waals surface area (Å²) in [6.07, 6.45) is 85.9. The zero-order valence-electron chi connectivity index (χ0n) is 45.2. The number of carbonyl (C=O) groups excluding carboxylic acids is 2. The molecule has 0 N–H and O–H groups in total. The summed E-state index contributed by atoms with van der Waals surface area (Å²) < 4.78 is 17.4. The van der Waals surface area contributed by atoms with E-state index in [1.807, 2.05) is 0 Å². The van der Waals surface area contributed by atoms with E-state index in [-0.39, 0.29) is 25.2 Å². The third kappa shape index (κ3) is 56.4. The lowest BCUT2D eigenvalue weighted by Crippen LogP contribution is -2.30. The summed E-state index contributed by atoms with van der Waals surface area (Å²) >= 11 is 0. The zero-order valence-corrected chi connectivity index (χ0v) is 45.2. The van der Waals surface area contributed by atoms with Crippen molar-refractivity contribution in [1.29, 1.82) is 0 Å². The lowest BCUT2D eigenvalue weighted by Gasteiger charge is -2.18. The van der Waals surface area contributed by atoms with Crippen molar-refractivity contribution in [3.8, 4) is 0 Å². The van der Waals surface area contributed by atoms with Gasteiger partial charge in [-0.15, -0.1) is 0 Å². The van der Waals surface area contributed by atoms with Gasteiger partial charge in [-0.25, -0.2) is 0 Å². The molecule has 5 nitrogen and oxygen atoms in total. The fourth-order valence-corrected chi connectivity index (χ4v) is 7.26. The van der Waals surface area contributed by atoms with Crippen LogP contribution in [0.15, 0.2) is 146 Å². The second kappa shape index (κ2) is 59.1. The van der Waals surface area contributed by atoms with Crippen LogP contribution in [0.5, 0.6) is 0 Å². The van der Waals surface area contributed by atoms with Gasteiger partial charge in [0, 0.05) is 19.4 Å². The van der Waals surface area contributed by atoms with Crippen LogP contribution in [-0.2, 0) is 23.8 Å². The molecule has 1 atom stereocenters. The van der Waals surface area contributed by atoms with E-state index in [4.69, 9.17) is 14.2 Å². The molecule has 0 saturated carbocycles. The number of hydrogen-bond acceptors (Lipinski definition) is 5. The van der Waals surface area contributed by atoms with E-state index >= 15 is 0 Å². The van der Waals surface area contributed by atoms with Gasteiger partial charge >= 0.3 is 11.9 Å². The Morgan fingerprint density at radius 3 is 1.00 bits per heavy atom. The van der Waals surface area contributed by atoms with Gasteiger partial charge in [0.15, 0.2) is 6.10 Å². The summed E-state index contributed by atoms with van der Waals surface area (Å²) in [7, 11) is 0. The highest BCUT2D eigenvalue weighted by molar-refractivity contribution is 5.70. The molecule has 70 heavy (non-hydrogen) atoms. The maximum atomic E-state index is 12.9. The lowest BCUT2D eigenvalue weighted by molar-refractivity contribution is -0.163. The van der Waals surface area contributed by atoms with Crippen molar-refractivity contribution in [2.75, 3.05) is 19.8 Å². The fraction of sp³-hybridized carbons (Fsp3) is 0.600. The second-order valence-corrected chi connectivity index (χ2v) is 18.0. The Balaban J connectivity index is 4.43. The molecule has 0 spiro atoms. The van der Waals surface area contributed by atoms with Crippen molar-refractivity contribution < 1.29 is 23.8 Å². The largest absolute Gasteiger partial charge is 0.462 e. The Hall–Kier alpha value is -4.22. The van der Waals surface area contributed by atoms with E-state index in [1.165, 1.54) is 57.8 Å². The molecule has 0 amide bonds. The van der Waals surface area contributed by atoms with Gasteiger partial charge in [-0.05, 0) is 128 Å². The predicted molar refractivity (Wildman–Crippen MR) is 306 cm³/mol. The van der Waals surface area contributed by atoms with Crippen molar-refractivity contribution in [2.45, 2.75) is 232 Å². The molecule has 394 valence electrons. The molecule has 0 aliphatic heterocycles. The van der Waals surface area contributed by atoms with Gasteiger partial charge in [0.2, 0.25) is 0 Å². The first-order valence-electron chi connectivity index (χ1n) is 28.4. The summed E-state index contributed by atoms with van der Waals surface area (Å²) in [5.41, 5.74) is 0. The number of unbranched alkanes of at least 4 members (excludes halogenated alkanes) is 15. The summed E-state index contributed by atoms with van der Waals surface area (Å²) in [6, 6.07) is 0. The average Bonchev–Trinajstić information content (AvgIpc) is 3.36. The van der Waals surface area contributed by atoms with E-state index in [2.05, 4.69) is 167 Å². The third-order valence-electron chi connectivity index (χ3n) is 11.4. The SMILES string of the molecule is CC/C=C\C/C=C\C/C=C\C/C=C\C/C=C\CCCC(=O)OCC(COCCCCCCCCC/C=C\C/C=C\C/C=C\C/C=C\CC)OC(=O)CCCCCCCCC/C=C\C/C=C\C/C=C\CC. The Labute approximate surface area is 431 Å². The Kier molecular flexibility index (Phi) is 55.5. The minimum Gasteiger partial charge on any atom is -0.462 e. The number of rotatable bonds is 50. The van der Waals surface area contributed by atoms with Gasteiger partial charge in [-0.1, -0.05) is 231 Å². The van der Waals surface area contributed by atoms with Crippen LogP contribution in [-0.4, -0.2) is 37.9 Å². The molecular formula is C65H104O5. The maximum absolute atomic E-state index is 12.9. The number of hydrogen-bond donors (Lipinski definition) is 0. The van der Waals surface area contributed by atoms with Crippen LogP contribution in [0, 0.1) is 0 Å².